The third-order valence-corrected chi connectivity index (χ3v) is 7.49. The highest BCUT2D eigenvalue weighted by molar-refractivity contribution is 5.87. The van der Waals surface area contributed by atoms with Gasteiger partial charge in [-0.05, 0) is 35.2 Å². The van der Waals surface area contributed by atoms with E-state index in [9.17, 15) is 4.79 Å². The molecule has 0 amide bonds. The molecule has 0 bridgehead atoms. The zero-order chi connectivity index (χ0) is 27.8. The number of rotatable bonds is 11. The summed E-state index contributed by atoms with van der Waals surface area (Å²) >= 11 is 0. The summed E-state index contributed by atoms with van der Waals surface area (Å²) < 4.78 is 12.4. The van der Waals surface area contributed by atoms with Gasteiger partial charge in [0.1, 0.15) is 18.5 Å². The predicted molar refractivity (Wildman–Crippen MR) is 159 cm³/mol. The van der Waals surface area contributed by atoms with Crippen LogP contribution in [0.15, 0.2) is 121 Å². The van der Waals surface area contributed by atoms with Gasteiger partial charge < -0.3 is 9.47 Å². The molecule has 4 aromatic carbocycles. The standard InChI is InChI=1S/C36H38O3/c1-25(2)36(37)39-35(28(5)31-19-13-8-14-20-31)24-38-34-22-21-32(26(3)29-15-9-6-10-16-29)23-33(34)27(4)30-17-11-7-12-18-30/h6-23,26-28,35H,1,24H2,2-5H3. The molecule has 0 saturated heterocycles. The predicted octanol–water partition coefficient (Wildman–Crippen LogP) is 8.66. The van der Waals surface area contributed by atoms with Crippen molar-refractivity contribution < 1.29 is 14.3 Å². The largest absolute Gasteiger partial charge is 0.489 e. The molecule has 39 heavy (non-hydrogen) atoms. The molecule has 0 radical (unpaired) electrons. The van der Waals surface area contributed by atoms with Gasteiger partial charge in [-0.3, -0.25) is 0 Å². The highest BCUT2D eigenvalue weighted by atomic mass is 16.6. The van der Waals surface area contributed by atoms with E-state index >= 15 is 0 Å². The van der Waals surface area contributed by atoms with Gasteiger partial charge in [-0.25, -0.2) is 4.79 Å². The molecule has 4 aromatic rings. The van der Waals surface area contributed by atoms with Crippen LogP contribution in [0.2, 0.25) is 0 Å². The Morgan fingerprint density at radius 1 is 0.692 bits per heavy atom. The number of benzene rings is 4. The minimum Gasteiger partial charge on any atom is -0.489 e. The summed E-state index contributed by atoms with van der Waals surface area (Å²) in [6.07, 6.45) is -0.473. The Morgan fingerprint density at radius 3 is 1.74 bits per heavy atom. The van der Waals surface area contributed by atoms with Gasteiger partial charge in [0.15, 0.2) is 0 Å². The van der Waals surface area contributed by atoms with Gasteiger partial charge in [0.25, 0.3) is 0 Å². The van der Waals surface area contributed by atoms with Crippen LogP contribution >= 0.6 is 0 Å². The van der Waals surface area contributed by atoms with Crippen LogP contribution in [0.3, 0.4) is 0 Å². The molecule has 4 rings (SSSR count). The quantitative estimate of drug-likeness (QED) is 0.147. The Morgan fingerprint density at radius 2 is 1.21 bits per heavy atom. The van der Waals surface area contributed by atoms with Gasteiger partial charge in [0.05, 0.1) is 0 Å². The second-order valence-electron chi connectivity index (χ2n) is 10.3. The van der Waals surface area contributed by atoms with E-state index in [1.165, 1.54) is 16.7 Å². The molecular formula is C36H38O3. The average molecular weight is 519 g/mol. The molecule has 0 aliphatic rings. The van der Waals surface area contributed by atoms with Crippen molar-refractivity contribution in [3.05, 3.63) is 149 Å². The van der Waals surface area contributed by atoms with E-state index in [4.69, 9.17) is 9.47 Å². The molecule has 0 aliphatic carbocycles. The summed E-state index contributed by atoms with van der Waals surface area (Å²) in [5, 5.41) is 0. The second kappa shape index (κ2) is 13.1. The molecule has 0 saturated carbocycles. The first kappa shape index (κ1) is 27.9. The van der Waals surface area contributed by atoms with Crippen molar-refractivity contribution in [3.8, 4) is 5.75 Å². The first-order valence-corrected chi connectivity index (χ1v) is 13.6. The van der Waals surface area contributed by atoms with Gasteiger partial charge in [0, 0.05) is 28.9 Å². The lowest BCUT2D eigenvalue weighted by Gasteiger charge is -2.26. The van der Waals surface area contributed by atoms with Crippen LogP contribution in [0, 0.1) is 0 Å². The molecule has 4 atom stereocenters. The number of esters is 1. The molecule has 3 heteroatoms. The van der Waals surface area contributed by atoms with Crippen molar-refractivity contribution in [2.24, 2.45) is 0 Å². The molecule has 4 unspecified atom stereocenters. The van der Waals surface area contributed by atoms with Crippen molar-refractivity contribution in [3.63, 3.8) is 0 Å². The summed E-state index contributed by atoms with van der Waals surface area (Å²) in [7, 11) is 0. The lowest BCUT2D eigenvalue weighted by Crippen LogP contribution is -2.30. The van der Waals surface area contributed by atoms with Crippen molar-refractivity contribution in [2.45, 2.75) is 51.6 Å². The smallest absolute Gasteiger partial charge is 0.333 e. The van der Waals surface area contributed by atoms with E-state index in [0.29, 0.717) is 5.57 Å². The first-order valence-electron chi connectivity index (χ1n) is 13.6. The summed E-state index contributed by atoms with van der Waals surface area (Å²) in [6, 6.07) is 37.6. The van der Waals surface area contributed by atoms with Crippen molar-refractivity contribution in [1.29, 1.82) is 0 Å². The molecule has 200 valence electrons. The molecule has 0 fully saturated rings. The maximum atomic E-state index is 12.5. The SMILES string of the molecule is C=C(C)C(=O)OC(COc1ccc(C(C)c2ccccc2)cc1C(C)c1ccccc1)C(C)c1ccccc1. The topological polar surface area (TPSA) is 35.5 Å². The highest BCUT2D eigenvalue weighted by Crippen LogP contribution is 2.36. The summed E-state index contributed by atoms with van der Waals surface area (Å²) in [4.78, 5) is 12.5. The van der Waals surface area contributed by atoms with Crippen molar-refractivity contribution in [2.75, 3.05) is 6.61 Å². The van der Waals surface area contributed by atoms with E-state index in [1.54, 1.807) is 6.92 Å². The third kappa shape index (κ3) is 7.06. The van der Waals surface area contributed by atoms with Gasteiger partial charge >= 0.3 is 5.97 Å². The maximum Gasteiger partial charge on any atom is 0.333 e. The van der Waals surface area contributed by atoms with Crippen LogP contribution < -0.4 is 4.74 Å². The zero-order valence-electron chi connectivity index (χ0n) is 23.3. The fraction of sp³-hybridized carbons (Fsp3) is 0.250. The number of carbonyl (C=O) groups excluding carboxylic acids is 1. The van der Waals surface area contributed by atoms with E-state index in [2.05, 4.69) is 106 Å². The molecule has 0 heterocycles. The van der Waals surface area contributed by atoms with Gasteiger partial charge in [-0.15, -0.1) is 0 Å². The highest BCUT2D eigenvalue weighted by Gasteiger charge is 2.26. The van der Waals surface area contributed by atoms with Crippen LogP contribution in [0.1, 0.15) is 73.3 Å². The molecule has 0 aliphatic heterocycles. The summed E-state index contributed by atoms with van der Waals surface area (Å²) in [6.45, 7) is 12.2. The van der Waals surface area contributed by atoms with Crippen molar-refractivity contribution >= 4 is 5.97 Å². The van der Waals surface area contributed by atoms with E-state index < -0.39 is 12.1 Å². The van der Waals surface area contributed by atoms with Gasteiger partial charge in [-0.1, -0.05) is 130 Å². The van der Waals surface area contributed by atoms with Gasteiger partial charge in [0.2, 0.25) is 0 Å². The van der Waals surface area contributed by atoms with Crippen molar-refractivity contribution in [1.82, 2.24) is 0 Å². The Labute approximate surface area is 233 Å². The lowest BCUT2D eigenvalue weighted by atomic mass is 9.87. The molecule has 0 N–H and O–H groups in total. The van der Waals surface area contributed by atoms with E-state index in [1.807, 2.05) is 30.3 Å². The normalized spacial score (nSPS) is 14.1. The second-order valence-corrected chi connectivity index (χ2v) is 10.3. The first-order chi connectivity index (χ1) is 18.8. The van der Waals surface area contributed by atoms with E-state index in [-0.39, 0.29) is 24.4 Å². The summed E-state index contributed by atoms with van der Waals surface area (Å²) in [5.74, 6) is 0.696. The number of ether oxygens (including phenoxy) is 2. The zero-order valence-corrected chi connectivity index (χ0v) is 23.3. The molecule has 3 nitrogen and oxygen atoms in total. The van der Waals surface area contributed by atoms with Crippen LogP contribution in [0.25, 0.3) is 0 Å². The van der Waals surface area contributed by atoms with Crippen LogP contribution in [0.4, 0.5) is 0 Å². The number of hydrogen-bond donors (Lipinski definition) is 0. The van der Waals surface area contributed by atoms with Crippen LogP contribution in [0.5, 0.6) is 5.75 Å². The third-order valence-electron chi connectivity index (χ3n) is 7.49. The Bertz CT molecular complexity index is 1360. The average Bonchev–Trinajstić information content (AvgIpc) is 2.99. The molecule has 0 aromatic heterocycles. The molecular weight excluding hydrogens is 480 g/mol. The maximum absolute atomic E-state index is 12.5. The fourth-order valence-electron chi connectivity index (χ4n) is 4.82. The number of carbonyl (C=O) groups is 1. The van der Waals surface area contributed by atoms with Crippen LogP contribution in [-0.4, -0.2) is 18.7 Å². The minimum absolute atomic E-state index is 0.0538. The fourth-order valence-corrected chi connectivity index (χ4v) is 4.82. The molecule has 0 spiro atoms. The summed E-state index contributed by atoms with van der Waals surface area (Å²) in [5.41, 5.74) is 6.29. The van der Waals surface area contributed by atoms with Gasteiger partial charge in [-0.2, -0.15) is 0 Å². The Balaban J connectivity index is 1.66. The Hall–Kier alpha value is -4.11. The van der Waals surface area contributed by atoms with E-state index in [0.717, 1.165) is 16.9 Å². The monoisotopic (exact) mass is 518 g/mol. The number of hydrogen-bond acceptors (Lipinski definition) is 3. The lowest BCUT2D eigenvalue weighted by molar-refractivity contribution is -0.146. The Kier molecular flexibility index (Phi) is 9.38. The van der Waals surface area contributed by atoms with Crippen LogP contribution in [-0.2, 0) is 9.53 Å². The minimum atomic E-state index is -0.473.